The Bertz CT molecular complexity index is 576. The van der Waals surface area contributed by atoms with E-state index < -0.39 is 17.9 Å². The maximum Gasteiger partial charge on any atom is 0.573 e. The Balaban J connectivity index is 2.25. The van der Waals surface area contributed by atoms with Crippen molar-refractivity contribution in [2.24, 2.45) is 0 Å². The average Bonchev–Trinajstić information content (AvgIpc) is 2.32. The maximum absolute atomic E-state index is 13.1. The van der Waals surface area contributed by atoms with E-state index in [0.29, 0.717) is 11.1 Å². The molecule has 2 rings (SSSR count). The third-order valence-electron chi connectivity index (χ3n) is 2.37. The smallest absolute Gasteiger partial charge is 0.505 e. The van der Waals surface area contributed by atoms with Crippen LogP contribution in [0.15, 0.2) is 42.5 Å². The van der Waals surface area contributed by atoms with Gasteiger partial charge in [0.25, 0.3) is 0 Å². The topological polar surface area (TPSA) is 29.5 Å². The van der Waals surface area contributed by atoms with E-state index in [-0.39, 0.29) is 5.75 Å². The summed E-state index contributed by atoms with van der Waals surface area (Å²) in [5, 5.41) is 9.04. The molecule has 2 nitrogen and oxygen atoms in total. The lowest BCUT2D eigenvalue weighted by atomic mass is 10.1. The molecule has 0 heterocycles. The average molecular weight is 272 g/mol. The van der Waals surface area contributed by atoms with Gasteiger partial charge >= 0.3 is 6.36 Å². The monoisotopic (exact) mass is 272 g/mol. The molecule has 0 aliphatic rings. The number of phenols is 1. The highest BCUT2D eigenvalue weighted by Crippen LogP contribution is 2.28. The van der Waals surface area contributed by atoms with Crippen LogP contribution in [0.25, 0.3) is 11.1 Å². The molecule has 0 spiro atoms. The van der Waals surface area contributed by atoms with Gasteiger partial charge in [0.1, 0.15) is 5.75 Å². The zero-order valence-corrected chi connectivity index (χ0v) is 9.41. The number of hydrogen-bond acceptors (Lipinski definition) is 2. The van der Waals surface area contributed by atoms with Crippen LogP contribution in [0.5, 0.6) is 11.5 Å². The van der Waals surface area contributed by atoms with Gasteiger partial charge in [0.2, 0.25) is 0 Å². The molecule has 0 bridgehead atoms. The van der Waals surface area contributed by atoms with Crippen molar-refractivity contribution < 1.29 is 27.4 Å². The van der Waals surface area contributed by atoms with E-state index in [4.69, 9.17) is 5.11 Å². The summed E-state index contributed by atoms with van der Waals surface area (Å²) in [6.45, 7) is 0. The van der Waals surface area contributed by atoms with Crippen molar-refractivity contribution in [3.8, 4) is 22.6 Å². The van der Waals surface area contributed by atoms with E-state index in [0.717, 1.165) is 18.2 Å². The number of halogens is 4. The van der Waals surface area contributed by atoms with Crippen LogP contribution in [0, 0.1) is 5.82 Å². The highest BCUT2D eigenvalue weighted by Gasteiger charge is 2.30. The van der Waals surface area contributed by atoms with E-state index in [2.05, 4.69) is 4.74 Å². The van der Waals surface area contributed by atoms with Gasteiger partial charge < -0.3 is 9.84 Å². The standard InChI is InChI=1S/C13H8F4O2/c14-11-7-9(3-6-12(11)18)8-1-4-10(5-2-8)19-13(15,16)17/h1-7,18H. The van der Waals surface area contributed by atoms with Crippen molar-refractivity contribution in [1.82, 2.24) is 0 Å². The number of phenolic OH excluding ortho intramolecular Hbond substituents is 1. The van der Waals surface area contributed by atoms with Gasteiger partial charge in [0.15, 0.2) is 11.6 Å². The Morgan fingerprint density at radius 3 is 2.00 bits per heavy atom. The molecular formula is C13H8F4O2. The number of ether oxygens (including phenoxy) is 1. The van der Waals surface area contributed by atoms with Crippen LogP contribution in [0.4, 0.5) is 17.6 Å². The minimum Gasteiger partial charge on any atom is -0.505 e. The minimum absolute atomic E-state index is 0.351. The van der Waals surface area contributed by atoms with E-state index >= 15 is 0 Å². The fourth-order valence-electron chi connectivity index (χ4n) is 1.54. The first-order valence-electron chi connectivity index (χ1n) is 5.20. The zero-order chi connectivity index (χ0) is 14.0. The molecule has 0 unspecified atom stereocenters. The van der Waals surface area contributed by atoms with Crippen molar-refractivity contribution in [3.05, 3.63) is 48.3 Å². The first-order valence-corrected chi connectivity index (χ1v) is 5.20. The van der Waals surface area contributed by atoms with Crippen LogP contribution in [-0.4, -0.2) is 11.5 Å². The number of benzene rings is 2. The molecule has 2 aromatic rings. The predicted molar refractivity (Wildman–Crippen MR) is 60.2 cm³/mol. The normalized spacial score (nSPS) is 11.4. The molecule has 0 aliphatic carbocycles. The van der Waals surface area contributed by atoms with Crippen LogP contribution in [0.2, 0.25) is 0 Å². The molecular weight excluding hydrogens is 264 g/mol. The van der Waals surface area contributed by atoms with E-state index in [1.807, 2.05) is 0 Å². The number of rotatable bonds is 2. The number of alkyl halides is 3. The maximum atomic E-state index is 13.1. The van der Waals surface area contributed by atoms with Gasteiger partial charge in [0.05, 0.1) is 0 Å². The van der Waals surface area contributed by atoms with Crippen LogP contribution >= 0.6 is 0 Å². The first-order chi connectivity index (χ1) is 8.85. The third kappa shape index (κ3) is 3.37. The van der Waals surface area contributed by atoms with Crippen molar-refractivity contribution >= 4 is 0 Å². The lowest BCUT2D eigenvalue weighted by Gasteiger charge is -2.09. The second-order valence-corrected chi connectivity index (χ2v) is 3.74. The predicted octanol–water partition coefficient (Wildman–Crippen LogP) is 4.10. The number of aromatic hydroxyl groups is 1. The highest BCUT2D eigenvalue weighted by molar-refractivity contribution is 5.65. The Hall–Kier alpha value is -2.24. The van der Waals surface area contributed by atoms with Gasteiger partial charge in [-0.25, -0.2) is 4.39 Å². The Morgan fingerprint density at radius 2 is 1.47 bits per heavy atom. The van der Waals surface area contributed by atoms with Crippen LogP contribution in [-0.2, 0) is 0 Å². The van der Waals surface area contributed by atoms with E-state index in [1.165, 1.54) is 24.3 Å². The quantitative estimate of drug-likeness (QED) is 0.834. The lowest BCUT2D eigenvalue weighted by molar-refractivity contribution is -0.274. The molecule has 0 aromatic heterocycles. The van der Waals surface area contributed by atoms with Crippen LogP contribution in [0.1, 0.15) is 0 Å². The molecule has 0 saturated carbocycles. The van der Waals surface area contributed by atoms with E-state index in [1.54, 1.807) is 0 Å². The molecule has 6 heteroatoms. The third-order valence-corrected chi connectivity index (χ3v) is 2.37. The minimum atomic E-state index is -4.74. The van der Waals surface area contributed by atoms with E-state index in [9.17, 15) is 17.6 Å². The summed E-state index contributed by atoms with van der Waals surface area (Å²) >= 11 is 0. The largest absolute Gasteiger partial charge is 0.573 e. The second kappa shape index (κ2) is 4.79. The van der Waals surface area contributed by atoms with Gasteiger partial charge in [-0.05, 0) is 35.4 Å². The summed E-state index contributed by atoms with van der Waals surface area (Å²) in [5.41, 5.74) is 0.947. The molecule has 19 heavy (non-hydrogen) atoms. The van der Waals surface area contributed by atoms with Gasteiger partial charge in [-0.2, -0.15) is 0 Å². The molecule has 0 saturated heterocycles. The fourth-order valence-corrected chi connectivity index (χ4v) is 1.54. The molecule has 0 fully saturated rings. The molecule has 0 radical (unpaired) electrons. The van der Waals surface area contributed by atoms with Gasteiger partial charge in [-0.3, -0.25) is 0 Å². The Kier molecular flexibility index (Phi) is 3.33. The molecule has 100 valence electrons. The fraction of sp³-hybridized carbons (Fsp3) is 0.0769. The van der Waals surface area contributed by atoms with Gasteiger partial charge in [0, 0.05) is 0 Å². The summed E-state index contributed by atoms with van der Waals surface area (Å²) in [6, 6.07) is 8.72. The molecule has 0 aliphatic heterocycles. The van der Waals surface area contributed by atoms with Crippen molar-refractivity contribution in [2.75, 3.05) is 0 Å². The summed E-state index contributed by atoms with van der Waals surface area (Å²) in [4.78, 5) is 0. The van der Waals surface area contributed by atoms with Crippen molar-refractivity contribution in [3.63, 3.8) is 0 Å². The Labute approximate surface area is 105 Å². The highest BCUT2D eigenvalue weighted by atomic mass is 19.4. The first kappa shape index (κ1) is 13.2. The Morgan fingerprint density at radius 1 is 0.895 bits per heavy atom. The van der Waals surface area contributed by atoms with Crippen molar-refractivity contribution in [1.29, 1.82) is 0 Å². The van der Waals surface area contributed by atoms with Crippen LogP contribution in [0.3, 0.4) is 0 Å². The summed E-state index contributed by atoms with van der Waals surface area (Å²) in [7, 11) is 0. The SMILES string of the molecule is Oc1ccc(-c2ccc(OC(F)(F)F)cc2)cc1F. The lowest BCUT2D eigenvalue weighted by Crippen LogP contribution is -2.16. The summed E-state index contributed by atoms with van der Waals surface area (Å²) in [6.07, 6.45) is -4.74. The van der Waals surface area contributed by atoms with Crippen molar-refractivity contribution in [2.45, 2.75) is 6.36 Å². The number of hydrogen-bond donors (Lipinski definition) is 1. The van der Waals surface area contributed by atoms with Crippen LogP contribution < -0.4 is 4.74 Å². The van der Waals surface area contributed by atoms with Gasteiger partial charge in [-0.15, -0.1) is 13.2 Å². The second-order valence-electron chi connectivity index (χ2n) is 3.74. The molecule has 0 atom stereocenters. The molecule has 2 aromatic carbocycles. The molecule has 0 amide bonds. The molecule has 1 N–H and O–H groups in total. The summed E-state index contributed by atoms with van der Waals surface area (Å²) < 4.78 is 52.8. The van der Waals surface area contributed by atoms with Gasteiger partial charge in [-0.1, -0.05) is 18.2 Å². The zero-order valence-electron chi connectivity index (χ0n) is 9.41. The summed E-state index contributed by atoms with van der Waals surface area (Å²) in [5.74, 6) is -1.63.